The first-order chi connectivity index (χ1) is 10.5. The highest BCUT2D eigenvalue weighted by molar-refractivity contribution is 5.65. The fourth-order valence-electron chi connectivity index (χ4n) is 2.94. The van der Waals surface area contributed by atoms with E-state index < -0.39 is 6.09 Å². The highest BCUT2D eigenvalue weighted by atomic mass is 16.4. The number of likely N-dealkylation sites (tertiary alicyclic amines) is 1. The molecule has 3 heterocycles. The first-order valence-corrected chi connectivity index (χ1v) is 7.74. The Morgan fingerprint density at radius 2 is 2.32 bits per heavy atom. The third kappa shape index (κ3) is 2.86. The Balaban J connectivity index is 1.76. The fraction of sp³-hybridized carbons (Fsp3) is 0.500. The van der Waals surface area contributed by atoms with Crippen molar-refractivity contribution in [3.8, 4) is 11.4 Å². The van der Waals surface area contributed by atoms with Crippen LogP contribution >= 0.6 is 0 Å². The Labute approximate surface area is 129 Å². The molecule has 1 fully saturated rings. The summed E-state index contributed by atoms with van der Waals surface area (Å²) in [5.74, 6) is 0.481. The largest absolute Gasteiger partial charge is 0.465 e. The number of piperidine rings is 1. The molecular formula is C16H22N4O2. The van der Waals surface area contributed by atoms with Gasteiger partial charge in [-0.1, -0.05) is 13.8 Å². The Bertz CT molecular complexity index is 659. The van der Waals surface area contributed by atoms with Crippen molar-refractivity contribution < 1.29 is 9.90 Å². The van der Waals surface area contributed by atoms with E-state index in [9.17, 15) is 4.79 Å². The van der Waals surface area contributed by atoms with Crippen LogP contribution in [0.4, 0.5) is 4.79 Å². The van der Waals surface area contributed by atoms with Crippen molar-refractivity contribution in [3.05, 3.63) is 30.4 Å². The van der Waals surface area contributed by atoms with E-state index in [1.807, 2.05) is 17.0 Å². The van der Waals surface area contributed by atoms with E-state index in [0.29, 0.717) is 19.0 Å². The van der Waals surface area contributed by atoms with Gasteiger partial charge in [-0.3, -0.25) is 0 Å². The van der Waals surface area contributed by atoms with Gasteiger partial charge in [-0.25, -0.2) is 9.78 Å². The van der Waals surface area contributed by atoms with Gasteiger partial charge in [-0.2, -0.15) is 0 Å². The van der Waals surface area contributed by atoms with Crippen molar-refractivity contribution in [1.82, 2.24) is 19.4 Å². The van der Waals surface area contributed by atoms with Crippen LogP contribution in [0.2, 0.25) is 0 Å². The zero-order valence-corrected chi connectivity index (χ0v) is 13.0. The number of imidazole rings is 1. The smallest absolute Gasteiger partial charge is 0.407 e. The molecule has 0 radical (unpaired) electrons. The van der Waals surface area contributed by atoms with Crippen molar-refractivity contribution in [3.63, 3.8) is 0 Å². The van der Waals surface area contributed by atoms with Gasteiger partial charge >= 0.3 is 6.09 Å². The van der Waals surface area contributed by atoms with Gasteiger partial charge in [0, 0.05) is 25.5 Å². The molecule has 1 aliphatic rings. The highest BCUT2D eigenvalue weighted by Gasteiger charge is 2.24. The third-order valence-corrected chi connectivity index (χ3v) is 4.34. The standard InChI is InChI=1S/C16H22N4O2/c1-11(2)12-6-14(17-7-12)15-9-20(10-18-15)13-4-3-5-19(8-13)16(21)22/h6-7,9-11,13,17H,3-5,8H2,1-2H3,(H,21,22)/t13-/m0/s1. The lowest BCUT2D eigenvalue weighted by Gasteiger charge is -2.31. The van der Waals surface area contributed by atoms with E-state index in [1.54, 1.807) is 6.33 Å². The van der Waals surface area contributed by atoms with E-state index >= 15 is 0 Å². The topological polar surface area (TPSA) is 74.2 Å². The van der Waals surface area contributed by atoms with Crippen LogP contribution < -0.4 is 0 Å². The van der Waals surface area contributed by atoms with Gasteiger partial charge in [0.1, 0.15) is 5.69 Å². The Kier molecular flexibility index (Phi) is 3.92. The summed E-state index contributed by atoms with van der Waals surface area (Å²) < 4.78 is 2.04. The van der Waals surface area contributed by atoms with Gasteiger partial charge in [0.2, 0.25) is 0 Å². The minimum atomic E-state index is -0.837. The second-order valence-electron chi connectivity index (χ2n) is 6.23. The molecule has 22 heavy (non-hydrogen) atoms. The minimum Gasteiger partial charge on any atom is -0.465 e. The second-order valence-corrected chi connectivity index (χ2v) is 6.23. The molecule has 3 rings (SSSR count). The maximum absolute atomic E-state index is 11.1. The molecule has 0 spiro atoms. The molecule has 1 aliphatic heterocycles. The molecule has 1 atom stereocenters. The Hall–Kier alpha value is -2.24. The van der Waals surface area contributed by atoms with E-state index in [0.717, 1.165) is 24.2 Å². The number of carboxylic acid groups (broad SMARTS) is 1. The van der Waals surface area contributed by atoms with Crippen LogP contribution in [-0.4, -0.2) is 43.7 Å². The highest BCUT2D eigenvalue weighted by Crippen LogP contribution is 2.26. The van der Waals surface area contributed by atoms with Gasteiger partial charge < -0.3 is 19.6 Å². The number of aromatic amines is 1. The predicted octanol–water partition coefficient (Wildman–Crippen LogP) is 3.32. The number of nitrogens with one attached hydrogen (secondary N) is 1. The molecule has 0 saturated carbocycles. The summed E-state index contributed by atoms with van der Waals surface area (Å²) in [6.07, 6.45) is 6.88. The first-order valence-electron chi connectivity index (χ1n) is 7.74. The molecule has 0 bridgehead atoms. The van der Waals surface area contributed by atoms with Gasteiger partial charge in [-0.15, -0.1) is 0 Å². The molecule has 2 N–H and O–H groups in total. The molecule has 118 valence electrons. The van der Waals surface area contributed by atoms with E-state index in [2.05, 4.69) is 29.9 Å². The van der Waals surface area contributed by atoms with Crippen LogP contribution in [0.15, 0.2) is 24.8 Å². The lowest BCUT2D eigenvalue weighted by Crippen LogP contribution is -2.39. The van der Waals surface area contributed by atoms with E-state index in [-0.39, 0.29) is 6.04 Å². The number of hydrogen-bond acceptors (Lipinski definition) is 2. The predicted molar refractivity (Wildman–Crippen MR) is 84.0 cm³/mol. The Morgan fingerprint density at radius 3 is 3.00 bits per heavy atom. The fourth-order valence-corrected chi connectivity index (χ4v) is 2.94. The van der Waals surface area contributed by atoms with E-state index in [4.69, 9.17) is 5.11 Å². The number of H-pyrrole nitrogens is 1. The number of amides is 1. The quantitative estimate of drug-likeness (QED) is 0.913. The van der Waals surface area contributed by atoms with Crippen LogP contribution in [0.1, 0.15) is 44.2 Å². The van der Waals surface area contributed by atoms with Crippen LogP contribution in [0.25, 0.3) is 11.4 Å². The molecule has 2 aromatic heterocycles. The maximum Gasteiger partial charge on any atom is 0.407 e. The number of hydrogen-bond donors (Lipinski definition) is 2. The summed E-state index contributed by atoms with van der Waals surface area (Å²) >= 11 is 0. The monoisotopic (exact) mass is 302 g/mol. The number of rotatable bonds is 3. The molecule has 0 unspecified atom stereocenters. The average Bonchev–Trinajstić information content (AvgIpc) is 3.16. The summed E-state index contributed by atoms with van der Waals surface area (Å²) in [6.45, 7) is 5.48. The minimum absolute atomic E-state index is 0.172. The van der Waals surface area contributed by atoms with Crippen LogP contribution in [0.5, 0.6) is 0 Å². The van der Waals surface area contributed by atoms with Gasteiger partial charge in [0.15, 0.2) is 0 Å². The lowest BCUT2D eigenvalue weighted by atomic mass is 10.1. The summed E-state index contributed by atoms with van der Waals surface area (Å²) in [5.41, 5.74) is 3.17. The lowest BCUT2D eigenvalue weighted by molar-refractivity contribution is 0.121. The number of aromatic nitrogens is 3. The van der Waals surface area contributed by atoms with Crippen molar-refractivity contribution >= 4 is 6.09 Å². The molecule has 1 saturated heterocycles. The van der Waals surface area contributed by atoms with Crippen molar-refractivity contribution in [2.24, 2.45) is 0 Å². The zero-order chi connectivity index (χ0) is 15.7. The summed E-state index contributed by atoms with van der Waals surface area (Å²) in [4.78, 5) is 20.3. The number of nitrogens with zero attached hydrogens (tertiary/aromatic N) is 3. The van der Waals surface area contributed by atoms with Crippen molar-refractivity contribution in [1.29, 1.82) is 0 Å². The molecule has 0 aliphatic carbocycles. The molecule has 6 nitrogen and oxygen atoms in total. The summed E-state index contributed by atoms with van der Waals surface area (Å²) in [7, 11) is 0. The van der Waals surface area contributed by atoms with Gasteiger partial charge in [-0.05, 0) is 30.4 Å². The first kappa shape index (κ1) is 14.7. The molecule has 6 heteroatoms. The van der Waals surface area contributed by atoms with Crippen LogP contribution in [0, 0.1) is 0 Å². The van der Waals surface area contributed by atoms with Crippen molar-refractivity contribution in [2.75, 3.05) is 13.1 Å². The van der Waals surface area contributed by atoms with Crippen LogP contribution in [0.3, 0.4) is 0 Å². The van der Waals surface area contributed by atoms with Gasteiger partial charge in [0.25, 0.3) is 0 Å². The van der Waals surface area contributed by atoms with Crippen LogP contribution in [-0.2, 0) is 0 Å². The molecule has 2 aromatic rings. The molecular weight excluding hydrogens is 280 g/mol. The SMILES string of the molecule is CC(C)c1c[nH]c(-c2cn([C@H]3CCCN(C(=O)O)C3)cn2)c1. The average molecular weight is 302 g/mol. The third-order valence-electron chi connectivity index (χ3n) is 4.34. The van der Waals surface area contributed by atoms with E-state index in [1.165, 1.54) is 10.5 Å². The molecule has 1 amide bonds. The maximum atomic E-state index is 11.1. The number of carbonyl (C=O) groups is 1. The van der Waals surface area contributed by atoms with Crippen molar-refractivity contribution in [2.45, 2.75) is 38.6 Å². The second kappa shape index (κ2) is 5.87. The molecule has 0 aromatic carbocycles. The summed E-state index contributed by atoms with van der Waals surface area (Å²) in [6, 6.07) is 2.30. The normalized spacial score (nSPS) is 18.9. The zero-order valence-electron chi connectivity index (χ0n) is 13.0. The van der Waals surface area contributed by atoms with Gasteiger partial charge in [0.05, 0.1) is 18.1 Å². The summed E-state index contributed by atoms with van der Waals surface area (Å²) in [5, 5.41) is 9.14. The Morgan fingerprint density at radius 1 is 1.50 bits per heavy atom.